The average Bonchev–Trinajstić information content (AvgIpc) is 2.93. The fourth-order valence-electron chi connectivity index (χ4n) is 1.78. The van der Waals surface area contributed by atoms with Gasteiger partial charge in [-0.3, -0.25) is 0 Å². The van der Waals surface area contributed by atoms with Gasteiger partial charge in [-0.25, -0.2) is 4.79 Å². The van der Waals surface area contributed by atoms with E-state index >= 15 is 0 Å². The highest BCUT2D eigenvalue weighted by atomic mass is 19.3. The van der Waals surface area contributed by atoms with Gasteiger partial charge < -0.3 is 19.3 Å². The largest absolute Gasteiger partial charge is 0.586 e. The van der Waals surface area contributed by atoms with E-state index in [2.05, 4.69) is 35.8 Å². The quantitative estimate of drug-likeness (QED) is 0.489. The predicted molar refractivity (Wildman–Crippen MR) is 88.2 cm³/mol. The molecule has 0 aromatic heterocycles. The maximum atomic E-state index is 12.9. The smallest absolute Gasteiger partial charge is 0.504 e. The Morgan fingerprint density at radius 1 is 1.00 bits per heavy atom. The Bertz CT molecular complexity index is 744. The number of para-hydroxylation sites is 2. The number of benzene rings is 2. The van der Waals surface area contributed by atoms with Gasteiger partial charge in [0.05, 0.1) is 5.56 Å². The Kier molecular flexibility index (Phi) is 6.69. The Hall–Kier alpha value is -3.35. The van der Waals surface area contributed by atoms with Gasteiger partial charge in [0, 0.05) is 0 Å². The third-order valence-corrected chi connectivity index (χ3v) is 2.70. The lowest BCUT2D eigenvalue weighted by molar-refractivity contribution is -0.286. The van der Waals surface area contributed by atoms with Gasteiger partial charge in [-0.2, -0.15) is 0 Å². The third kappa shape index (κ3) is 4.81. The zero-order valence-corrected chi connectivity index (χ0v) is 13.2. The number of aromatic hydroxyl groups is 1. The number of carbonyl (C=O) groups excluding carboxylic acids is 1. The summed E-state index contributed by atoms with van der Waals surface area (Å²) in [6, 6.07) is 9.40. The number of esters is 1. The number of halogens is 2. The van der Waals surface area contributed by atoms with Crippen LogP contribution in [-0.2, 0) is 0 Å². The van der Waals surface area contributed by atoms with E-state index in [-0.39, 0.29) is 28.6 Å². The number of alkyl halides is 2. The van der Waals surface area contributed by atoms with Crippen molar-refractivity contribution in [3.05, 3.63) is 74.3 Å². The average molecular weight is 350 g/mol. The van der Waals surface area contributed by atoms with Crippen LogP contribution in [0.15, 0.2) is 68.8 Å². The van der Waals surface area contributed by atoms with E-state index in [1.165, 1.54) is 24.3 Å². The monoisotopic (exact) mass is 350 g/mol. The number of rotatable bonds is 2. The van der Waals surface area contributed by atoms with Crippen molar-refractivity contribution in [2.75, 3.05) is 0 Å². The second-order valence-corrected chi connectivity index (χ2v) is 4.19. The second kappa shape index (κ2) is 8.49. The molecule has 0 unspecified atom stereocenters. The Morgan fingerprint density at radius 3 is 2.24 bits per heavy atom. The molecular formula is C18H16F2O5. The second-order valence-electron chi connectivity index (χ2n) is 4.19. The van der Waals surface area contributed by atoms with Gasteiger partial charge >= 0.3 is 12.3 Å². The summed E-state index contributed by atoms with van der Waals surface area (Å²) in [6.45, 7) is 12.0. The molecule has 132 valence electrons. The molecule has 25 heavy (non-hydrogen) atoms. The molecule has 0 fully saturated rings. The molecule has 1 aliphatic heterocycles. The SMILES string of the molecule is C=C.C=C.O=C(Oc1ccccc1O)c1ccc2c(c1)OC(F)(F)O2. The minimum Gasteiger partial charge on any atom is -0.504 e. The number of fused-ring (bicyclic) bond motifs is 1. The number of phenolic OH excluding ortho intramolecular Hbond substituents is 1. The molecule has 1 heterocycles. The first-order chi connectivity index (χ1) is 11.9. The number of hydrogen-bond acceptors (Lipinski definition) is 5. The van der Waals surface area contributed by atoms with Gasteiger partial charge in [-0.1, -0.05) is 12.1 Å². The molecule has 2 aromatic rings. The van der Waals surface area contributed by atoms with Crippen LogP contribution in [0.25, 0.3) is 0 Å². The molecule has 0 saturated carbocycles. The molecule has 5 nitrogen and oxygen atoms in total. The summed E-state index contributed by atoms with van der Waals surface area (Å²) in [6.07, 6.45) is -3.75. The first kappa shape index (κ1) is 19.7. The fraction of sp³-hybridized carbons (Fsp3) is 0.0556. The zero-order chi connectivity index (χ0) is 19.0. The molecular weight excluding hydrogens is 334 g/mol. The van der Waals surface area contributed by atoms with Crippen LogP contribution < -0.4 is 14.2 Å². The molecule has 0 radical (unpaired) electrons. The number of ether oxygens (including phenoxy) is 3. The minimum atomic E-state index is -3.75. The van der Waals surface area contributed by atoms with Crippen LogP contribution in [0.2, 0.25) is 0 Å². The van der Waals surface area contributed by atoms with E-state index < -0.39 is 12.3 Å². The van der Waals surface area contributed by atoms with E-state index in [1.807, 2.05) is 0 Å². The number of carbonyl (C=O) groups is 1. The molecule has 2 aromatic carbocycles. The summed E-state index contributed by atoms with van der Waals surface area (Å²) in [5, 5.41) is 9.51. The highest BCUT2D eigenvalue weighted by Crippen LogP contribution is 2.41. The maximum absolute atomic E-state index is 12.9. The molecule has 0 amide bonds. The lowest BCUT2D eigenvalue weighted by atomic mass is 10.2. The van der Waals surface area contributed by atoms with Gasteiger partial charge in [0.25, 0.3) is 0 Å². The fourth-order valence-corrected chi connectivity index (χ4v) is 1.78. The van der Waals surface area contributed by atoms with Gasteiger partial charge in [0.1, 0.15) is 0 Å². The first-order valence-electron chi connectivity index (χ1n) is 6.85. The molecule has 7 heteroatoms. The van der Waals surface area contributed by atoms with Crippen LogP contribution in [0.1, 0.15) is 10.4 Å². The minimum absolute atomic E-state index is 0.0155. The highest BCUT2D eigenvalue weighted by molar-refractivity contribution is 5.92. The van der Waals surface area contributed by atoms with Gasteiger partial charge in [-0.05, 0) is 30.3 Å². The van der Waals surface area contributed by atoms with Crippen LogP contribution in [0.3, 0.4) is 0 Å². The van der Waals surface area contributed by atoms with Crippen molar-refractivity contribution in [1.82, 2.24) is 0 Å². The van der Waals surface area contributed by atoms with E-state index in [9.17, 15) is 18.7 Å². The van der Waals surface area contributed by atoms with Crippen molar-refractivity contribution in [2.45, 2.75) is 6.29 Å². The summed E-state index contributed by atoms with van der Waals surface area (Å²) >= 11 is 0. The zero-order valence-electron chi connectivity index (χ0n) is 13.2. The summed E-state index contributed by atoms with van der Waals surface area (Å²) in [4.78, 5) is 11.9. The van der Waals surface area contributed by atoms with E-state index in [0.717, 1.165) is 6.07 Å². The standard InChI is InChI=1S/C14H8F2O5.2C2H4/c15-14(16)20-11-6-5-8(7-12(11)21-14)13(18)19-10-4-2-1-3-9(10)17;2*1-2/h1-7,17H;2*1-2H2. The molecule has 1 aliphatic rings. The van der Waals surface area contributed by atoms with Crippen molar-refractivity contribution in [3.63, 3.8) is 0 Å². The number of phenols is 1. The van der Waals surface area contributed by atoms with Crippen molar-refractivity contribution in [3.8, 4) is 23.0 Å². The molecule has 0 saturated heterocycles. The van der Waals surface area contributed by atoms with Crippen molar-refractivity contribution < 1.29 is 32.9 Å². The van der Waals surface area contributed by atoms with E-state index in [1.54, 1.807) is 12.1 Å². The summed E-state index contributed by atoms with van der Waals surface area (Å²) in [7, 11) is 0. The predicted octanol–water partition coefficient (Wildman–Crippen LogP) is 4.54. The van der Waals surface area contributed by atoms with Crippen molar-refractivity contribution in [2.24, 2.45) is 0 Å². The van der Waals surface area contributed by atoms with E-state index in [0.29, 0.717) is 0 Å². The lowest BCUT2D eigenvalue weighted by Crippen LogP contribution is -2.25. The summed E-state index contributed by atoms with van der Waals surface area (Å²) in [5.41, 5.74) is -0.0155. The van der Waals surface area contributed by atoms with Gasteiger partial charge in [0.2, 0.25) is 0 Å². The number of hydrogen-bond donors (Lipinski definition) is 1. The lowest BCUT2D eigenvalue weighted by Gasteiger charge is -2.06. The van der Waals surface area contributed by atoms with E-state index in [4.69, 9.17) is 4.74 Å². The molecule has 1 N–H and O–H groups in total. The van der Waals surface area contributed by atoms with Gasteiger partial charge in [-0.15, -0.1) is 35.1 Å². The van der Waals surface area contributed by atoms with Crippen molar-refractivity contribution >= 4 is 5.97 Å². The topological polar surface area (TPSA) is 65.0 Å². The highest BCUT2D eigenvalue weighted by Gasteiger charge is 2.43. The Balaban J connectivity index is 0.000000730. The molecule has 0 aliphatic carbocycles. The van der Waals surface area contributed by atoms with Crippen LogP contribution >= 0.6 is 0 Å². The first-order valence-corrected chi connectivity index (χ1v) is 6.85. The van der Waals surface area contributed by atoms with Crippen LogP contribution in [-0.4, -0.2) is 17.4 Å². The Morgan fingerprint density at radius 2 is 1.60 bits per heavy atom. The summed E-state index contributed by atoms with van der Waals surface area (Å²) < 4.78 is 39.2. The Labute approximate surface area is 143 Å². The van der Waals surface area contributed by atoms with Crippen LogP contribution in [0.5, 0.6) is 23.0 Å². The third-order valence-electron chi connectivity index (χ3n) is 2.70. The molecule has 3 rings (SSSR count). The van der Waals surface area contributed by atoms with Crippen LogP contribution in [0.4, 0.5) is 8.78 Å². The normalized spacial score (nSPS) is 12.7. The summed E-state index contributed by atoms with van der Waals surface area (Å²) in [5.74, 6) is -1.49. The molecule has 0 spiro atoms. The van der Waals surface area contributed by atoms with Crippen molar-refractivity contribution in [1.29, 1.82) is 0 Å². The molecule has 0 bridgehead atoms. The van der Waals surface area contributed by atoms with Gasteiger partial charge in [0.15, 0.2) is 23.0 Å². The van der Waals surface area contributed by atoms with Crippen LogP contribution in [0, 0.1) is 0 Å². The molecule has 0 atom stereocenters. The maximum Gasteiger partial charge on any atom is 0.586 e.